The lowest BCUT2D eigenvalue weighted by atomic mass is 10.2. The number of nitrogens with zero attached hydrogens (tertiary/aromatic N) is 2. The van der Waals surface area contributed by atoms with E-state index in [0.29, 0.717) is 0 Å². The molecule has 3 nitrogen and oxygen atoms in total. The van der Waals surface area contributed by atoms with Gasteiger partial charge in [-0.3, -0.25) is 0 Å². The van der Waals surface area contributed by atoms with Crippen molar-refractivity contribution in [2.24, 2.45) is 5.92 Å². The van der Waals surface area contributed by atoms with Crippen LogP contribution in [0.1, 0.15) is 20.3 Å². The van der Waals surface area contributed by atoms with Crippen LogP contribution in [0.15, 0.2) is 0 Å². The smallest absolute Gasteiger partial charge is 0.0110 e. The summed E-state index contributed by atoms with van der Waals surface area (Å²) in [6.45, 7) is 13.0. The zero-order valence-corrected chi connectivity index (χ0v) is 10.6. The molecular weight excluding hydrogens is 186 g/mol. The van der Waals surface area contributed by atoms with Crippen LogP contribution in [0.4, 0.5) is 0 Å². The van der Waals surface area contributed by atoms with Crippen LogP contribution in [-0.4, -0.2) is 62.7 Å². The third-order valence-electron chi connectivity index (χ3n) is 2.97. The molecule has 1 fully saturated rings. The van der Waals surface area contributed by atoms with Gasteiger partial charge in [0.2, 0.25) is 0 Å². The lowest BCUT2D eigenvalue weighted by Crippen LogP contribution is -2.35. The van der Waals surface area contributed by atoms with Crippen molar-refractivity contribution in [3.05, 3.63) is 0 Å². The fraction of sp³-hybridized carbons (Fsp3) is 1.00. The van der Waals surface area contributed by atoms with Gasteiger partial charge in [-0.15, -0.1) is 0 Å². The summed E-state index contributed by atoms with van der Waals surface area (Å²) in [6.07, 6.45) is 1.32. The van der Waals surface area contributed by atoms with Crippen LogP contribution in [0.5, 0.6) is 0 Å². The topological polar surface area (TPSA) is 18.5 Å². The Morgan fingerprint density at radius 3 is 2.67 bits per heavy atom. The molecule has 0 amide bonds. The molecule has 0 aromatic rings. The first-order valence-electron chi connectivity index (χ1n) is 6.30. The Morgan fingerprint density at radius 1 is 1.13 bits per heavy atom. The summed E-state index contributed by atoms with van der Waals surface area (Å²) >= 11 is 0. The van der Waals surface area contributed by atoms with Gasteiger partial charge in [0.25, 0.3) is 0 Å². The summed E-state index contributed by atoms with van der Waals surface area (Å²) in [6, 6.07) is 0. The molecule has 1 rings (SSSR count). The van der Waals surface area contributed by atoms with Crippen LogP contribution >= 0.6 is 0 Å². The molecule has 90 valence electrons. The van der Waals surface area contributed by atoms with Gasteiger partial charge in [-0.1, -0.05) is 13.8 Å². The fourth-order valence-corrected chi connectivity index (χ4v) is 1.95. The predicted molar refractivity (Wildman–Crippen MR) is 66.3 cm³/mol. The van der Waals surface area contributed by atoms with Crippen molar-refractivity contribution in [2.45, 2.75) is 20.3 Å². The summed E-state index contributed by atoms with van der Waals surface area (Å²) in [4.78, 5) is 5.01. The quantitative estimate of drug-likeness (QED) is 0.684. The summed E-state index contributed by atoms with van der Waals surface area (Å²) in [5, 5.41) is 3.51. The second kappa shape index (κ2) is 7.20. The van der Waals surface area contributed by atoms with Crippen molar-refractivity contribution in [1.82, 2.24) is 15.1 Å². The van der Waals surface area contributed by atoms with Gasteiger partial charge in [-0.2, -0.15) is 0 Å². The van der Waals surface area contributed by atoms with Crippen molar-refractivity contribution in [3.8, 4) is 0 Å². The Kier molecular flexibility index (Phi) is 6.22. The van der Waals surface area contributed by atoms with E-state index in [0.717, 1.165) is 19.0 Å². The number of rotatable bonds is 5. The van der Waals surface area contributed by atoms with Gasteiger partial charge in [-0.25, -0.2) is 0 Å². The van der Waals surface area contributed by atoms with Crippen LogP contribution in [0.2, 0.25) is 0 Å². The van der Waals surface area contributed by atoms with E-state index in [-0.39, 0.29) is 0 Å². The maximum Gasteiger partial charge on any atom is 0.0110 e. The molecule has 0 radical (unpaired) electrons. The number of hydrogen-bond acceptors (Lipinski definition) is 3. The molecule has 0 bridgehead atoms. The van der Waals surface area contributed by atoms with Gasteiger partial charge in [0, 0.05) is 26.2 Å². The minimum Gasteiger partial charge on any atom is -0.315 e. The third-order valence-corrected chi connectivity index (χ3v) is 2.97. The number of hydrogen-bond donors (Lipinski definition) is 1. The zero-order valence-electron chi connectivity index (χ0n) is 10.6. The molecule has 1 N–H and O–H groups in total. The summed E-state index contributed by atoms with van der Waals surface area (Å²) < 4.78 is 0. The van der Waals surface area contributed by atoms with Crippen LogP contribution < -0.4 is 5.32 Å². The Labute approximate surface area is 94.8 Å². The van der Waals surface area contributed by atoms with Gasteiger partial charge < -0.3 is 15.1 Å². The Bertz CT molecular complexity index is 159. The molecule has 0 aromatic heterocycles. The summed E-state index contributed by atoms with van der Waals surface area (Å²) in [5.41, 5.74) is 0. The lowest BCUT2D eigenvalue weighted by molar-refractivity contribution is 0.274. The van der Waals surface area contributed by atoms with Crippen molar-refractivity contribution in [1.29, 1.82) is 0 Å². The highest BCUT2D eigenvalue weighted by atomic mass is 15.2. The first kappa shape index (κ1) is 12.9. The maximum atomic E-state index is 3.51. The highest BCUT2D eigenvalue weighted by Crippen LogP contribution is 1.99. The van der Waals surface area contributed by atoms with Gasteiger partial charge in [0.1, 0.15) is 0 Å². The van der Waals surface area contributed by atoms with Gasteiger partial charge in [0.15, 0.2) is 0 Å². The normalized spacial score (nSPS) is 20.8. The molecule has 15 heavy (non-hydrogen) atoms. The van der Waals surface area contributed by atoms with E-state index in [1.54, 1.807) is 0 Å². The standard InChI is InChI=1S/C12H27N3/c1-12(2)11-13-5-8-15-7-4-6-14(3)9-10-15/h12-13H,4-11H2,1-3H3. The van der Waals surface area contributed by atoms with E-state index in [9.17, 15) is 0 Å². The molecule has 0 atom stereocenters. The van der Waals surface area contributed by atoms with Crippen LogP contribution in [0.25, 0.3) is 0 Å². The second-order valence-corrected chi connectivity index (χ2v) is 5.10. The molecule has 0 unspecified atom stereocenters. The molecule has 0 aliphatic carbocycles. The van der Waals surface area contributed by atoms with Crippen molar-refractivity contribution in [2.75, 3.05) is 52.9 Å². The van der Waals surface area contributed by atoms with Crippen LogP contribution in [0, 0.1) is 5.92 Å². The minimum atomic E-state index is 0.764. The van der Waals surface area contributed by atoms with E-state index in [2.05, 4.69) is 36.0 Å². The summed E-state index contributed by atoms with van der Waals surface area (Å²) in [7, 11) is 2.22. The Hall–Kier alpha value is -0.120. The molecule has 1 heterocycles. The largest absolute Gasteiger partial charge is 0.315 e. The van der Waals surface area contributed by atoms with Crippen molar-refractivity contribution < 1.29 is 0 Å². The second-order valence-electron chi connectivity index (χ2n) is 5.10. The average molecular weight is 213 g/mol. The van der Waals surface area contributed by atoms with Crippen molar-refractivity contribution in [3.63, 3.8) is 0 Å². The monoisotopic (exact) mass is 213 g/mol. The SMILES string of the molecule is CC(C)CNCCN1CCCN(C)CC1. The Morgan fingerprint density at radius 2 is 1.93 bits per heavy atom. The fourth-order valence-electron chi connectivity index (χ4n) is 1.95. The molecule has 0 aromatic carbocycles. The molecule has 1 aliphatic heterocycles. The van der Waals surface area contributed by atoms with E-state index >= 15 is 0 Å². The first-order valence-corrected chi connectivity index (χ1v) is 6.30. The highest BCUT2D eigenvalue weighted by Gasteiger charge is 2.10. The maximum absolute atomic E-state index is 3.51. The number of likely N-dealkylation sites (N-methyl/N-ethyl adjacent to an activating group) is 1. The average Bonchev–Trinajstić information content (AvgIpc) is 2.38. The molecule has 1 saturated heterocycles. The van der Waals surface area contributed by atoms with E-state index in [1.807, 2.05) is 0 Å². The van der Waals surface area contributed by atoms with Crippen molar-refractivity contribution >= 4 is 0 Å². The van der Waals surface area contributed by atoms with Gasteiger partial charge in [0.05, 0.1) is 0 Å². The first-order chi connectivity index (χ1) is 7.18. The number of nitrogens with one attached hydrogen (secondary N) is 1. The van der Waals surface area contributed by atoms with Gasteiger partial charge >= 0.3 is 0 Å². The van der Waals surface area contributed by atoms with E-state index in [1.165, 1.54) is 39.1 Å². The molecule has 0 saturated carbocycles. The van der Waals surface area contributed by atoms with E-state index < -0.39 is 0 Å². The molecule has 1 aliphatic rings. The lowest BCUT2D eigenvalue weighted by Gasteiger charge is -2.20. The molecule has 0 spiro atoms. The summed E-state index contributed by atoms with van der Waals surface area (Å²) in [5.74, 6) is 0.764. The molecular formula is C12H27N3. The third kappa shape index (κ3) is 6.13. The molecule has 3 heteroatoms. The Balaban J connectivity index is 2.05. The van der Waals surface area contributed by atoms with E-state index in [4.69, 9.17) is 0 Å². The predicted octanol–water partition coefficient (Wildman–Crippen LogP) is 0.870. The highest BCUT2D eigenvalue weighted by molar-refractivity contribution is 4.68. The van der Waals surface area contributed by atoms with Crippen LogP contribution in [0.3, 0.4) is 0 Å². The van der Waals surface area contributed by atoms with Crippen LogP contribution in [-0.2, 0) is 0 Å². The van der Waals surface area contributed by atoms with Gasteiger partial charge in [-0.05, 0) is 39.0 Å². The zero-order chi connectivity index (χ0) is 11.1. The minimum absolute atomic E-state index is 0.764.